The molecule has 0 radical (unpaired) electrons. The lowest BCUT2D eigenvalue weighted by molar-refractivity contribution is -0.144. The van der Waals surface area contributed by atoms with Crippen molar-refractivity contribution in [1.82, 2.24) is 15.7 Å². The highest BCUT2D eigenvalue weighted by Crippen LogP contribution is 2.08. The van der Waals surface area contributed by atoms with Crippen molar-refractivity contribution in [2.75, 3.05) is 19.7 Å². The Morgan fingerprint density at radius 1 is 1.47 bits per heavy atom. The van der Waals surface area contributed by atoms with Gasteiger partial charge in [0.2, 0.25) is 5.91 Å². The summed E-state index contributed by atoms with van der Waals surface area (Å²) in [7, 11) is 0. The highest BCUT2D eigenvalue weighted by molar-refractivity contribution is 5.75. The first-order valence-corrected chi connectivity index (χ1v) is 5.14. The number of amides is 3. The number of carbonyl (C=O) groups excluding carboxylic acids is 2. The maximum absolute atomic E-state index is 11.4. The van der Waals surface area contributed by atoms with E-state index in [0.717, 1.165) is 0 Å². The number of hydrogen-bond donors (Lipinski definition) is 3. The van der Waals surface area contributed by atoms with Crippen molar-refractivity contribution in [3.8, 4) is 0 Å². The number of carboxylic acids is 1. The summed E-state index contributed by atoms with van der Waals surface area (Å²) in [6.45, 7) is 1.71. The van der Waals surface area contributed by atoms with E-state index in [1.165, 1.54) is 11.8 Å². The zero-order chi connectivity index (χ0) is 12.8. The zero-order valence-electron chi connectivity index (χ0n) is 9.43. The fourth-order valence-corrected chi connectivity index (χ4v) is 1.57. The van der Waals surface area contributed by atoms with Crippen molar-refractivity contribution >= 4 is 17.9 Å². The summed E-state index contributed by atoms with van der Waals surface area (Å²) in [4.78, 5) is 38.3. The van der Waals surface area contributed by atoms with E-state index in [0.29, 0.717) is 19.5 Å². The molecule has 0 saturated carbocycles. The van der Waals surface area contributed by atoms with Crippen LogP contribution in [-0.4, -0.2) is 53.7 Å². The Kier molecular flexibility index (Phi) is 4.70. The summed E-state index contributed by atoms with van der Waals surface area (Å²) in [6.07, 6.45) is 0.673. The molecule has 3 amide bonds. The number of likely N-dealkylation sites (tertiary alicyclic amines) is 1. The number of carbonyl (C=O) groups is 3. The number of carboxylic acid groups (broad SMARTS) is 1. The van der Waals surface area contributed by atoms with E-state index < -0.39 is 18.6 Å². The van der Waals surface area contributed by atoms with Crippen LogP contribution in [0.2, 0.25) is 0 Å². The molecule has 1 rings (SSSR count). The molecular weight excluding hydrogens is 230 g/mol. The Morgan fingerprint density at radius 2 is 2.18 bits per heavy atom. The lowest BCUT2D eigenvalue weighted by Crippen LogP contribution is -2.42. The number of hydrogen-bond acceptors (Lipinski definition) is 4. The van der Waals surface area contributed by atoms with Crippen LogP contribution >= 0.6 is 0 Å². The molecule has 0 aromatic heterocycles. The van der Waals surface area contributed by atoms with Gasteiger partial charge in [0.05, 0.1) is 0 Å². The number of nitrogens with one attached hydrogen (secondary N) is 2. The van der Waals surface area contributed by atoms with E-state index in [9.17, 15) is 14.4 Å². The molecule has 1 saturated heterocycles. The van der Waals surface area contributed by atoms with E-state index in [4.69, 9.17) is 5.11 Å². The molecule has 0 aliphatic carbocycles. The Balaban J connectivity index is 2.25. The fourth-order valence-electron chi connectivity index (χ4n) is 1.57. The average Bonchev–Trinajstić information content (AvgIpc) is 2.64. The number of nitrogens with zero attached hydrogens (tertiary/aromatic N) is 1. The molecule has 3 N–H and O–H groups in total. The molecule has 1 aliphatic heterocycles. The molecule has 1 unspecified atom stereocenters. The maximum atomic E-state index is 11.4. The van der Waals surface area contributed by atoms with Gasteiger partial charge in [-0.1, -0.05) is 0 Å². The maximum Gasteiger partial charge on any atom is 0.341 e. The van der Waals surface area contributed by atoms with Crippen molar-refractivity contribution in [2.45, 2.75) is 19.4 Å². The molecule has 8 heteroatoms. The van der Waals surface area contributed by atoms with Gasteiger partial charge in [-0.2, -0.15) is 0 Å². The minimum atomic E-state index is -1.16. The molecule has 1 fully saturated rings. The van der Waals surface area contributed by atoms with Gasteiger partial charge in [0.15, 0.2) is 6.61 Å². The predicted molar refractivity (Wildman–Crippen MR) is 55.9 cm³/mol. The van der Waals surface area contributed by atoms with Gasteiger partial charge in [-0.25, -0.2) is 15.1 Å². The van der Waals surface area contributed by atoms with Crippen LogP contribution in [0.25, 0.3) is 0 Å². The van der Waals surface area contributed by atoms with Gasteiger partial charge in [0.25, 0.3) is 0 Å². The SMILES string of the molecule is CC(=O)NC1CCN(C(=O)NOCC(=O)O)C1. The quantitative estimate of drug-likeness (QED) is 0.546. The van der Waals surface area contributed by atoms with Crippen LogP contribution in [0.15, 0.2) is 0 Å². The van der Waals surface area contributed by atoms with Crippen molar-refractivity contribution in [1.29, 1.82) is 0 Å². The third-order valence-electron chi connectivity index (χ3n) is 2.24. The standard InChI is InChI=1S/C9H15N3O5/c1-6(13)10-7-2-3-12(4-7)9(16)11-17-5-8(14)15/h7H,2-5H2,1H3,(H,10,13)(H,11,16)(H,14,15). The van der Waals surface area contributed by atoms with Gasteiger partial charge in [0.1, 0.15) is 0 Å². The number of hydroxylamine groups is 1. The molecular formula is C9H15N3O5. The lowest BCUT2D eigenvalue weighted by Gasteiger charge is -2.16. The molecule has 0 aromatic carbocycles. The van der Waals surface area contributed by atoms with Gasteiger partial charge in [0, 0.05) is 26.1 Å². The van der Waals surface area contributed by atoms with Gasteiger partial charge in [-0.15, -0.1) is 0 Å². The third-order valence-corrected chi connectivity index (χ3v) is 2.24. The van der Waals surface area contributed by atoms with Crippen LogP contribution in [0.5, 0.6) is 0 Å². The Hall–Kier alpha value is -1.83. The normalized spacial score (nSPS) is 18.9. The number of rotatable bonds is 4. The fraction of sp³-hybridized carbons (Fsp3) is 0.667. The molecule has 1 heterocycles. The molecule has 1 atom stereocenters. The van der Waals surface area contributed by atoms with E-state index in [1.54, 1.807) is 0 Å². The average molecular weight is 245 g/mol. The molecule has 8 nitrogen and oxygen atoms in total. The van der Waals surface area contributed by atoms with Crippen molar-refractivity contribution < 1.29 is 24.3 Å². The van der Waals surface area contributed by atoms with Crippen LogP contribution in [-0.2, 0) is 14.4 Å². The summed E-state index contributed by atoms with van der Waals surface area (Å²) >= 11 is 0. The second-order valence-corrected chi connectivity index (χ2v) is 3.72. The first kappa shape index (κ1) is 13.2. The molecule has 0 spiro atoms. The van der Waals surface area contributed by atoms with E-state index in [1.807, 2.05) is 5.48 Å². The molecule has 1 aliphatic rings. The van der Waals surface area contributed by atoms with Crippen LogP contribution < -0.4 is 10.8 Å². The van der Waals surface area contributed by atoms with Gasteiger partial charge in [-0.3, -0.25) is 9.63 Å². The Morgan fingerprint density at radius 3 is 2.76 bits per heavy atom. The number of aliphatic carboxylic acids is 1. The van der Waals surface area contributed by atoms with Gasteiger partial charge in [-0.05, 0) is 6.42 Å². The summed E-state index contributed by atoms with van der Waals surface area (Å²) < 4.78 is 0. The molecule has 0 aromatic rings. The third kappa shape index (κ3) is 4.68. The van der Waals surface area contributed by atoms with E-state index in [2.05, 4.69) is 10.2 Å². The van der Waals surface area contributed by atoms with Crippen molar-refractivity contribution in [2.24, 2.45) is 0 Å². The van der Waals surface area contributed by atoms with Crippen LogP contribution in [0.4, 0.5) is 4.79 Å². The summed E-state index contributed by atoms with van der Waals surface area (Å²) in [5.74, 6) is -1.30. The van der Waals surface area contributed by atoms with Crippen LogP contribution in [0.3, 0.4) is 0 Å². The van der Waals surface area contributed by atoms with Gasteiger partial charge >= 0.3 is 12.0 Å². The zero-order valence-corrected chi connectivity index (χ0v) is 9.43. The molecule has 17 heavy (non-hydrogen) atoms. The van der Waals surface area contributed by atoms with E-state index in [-0.39, 0.29) is 11.9 Å². The summed E-state index contributed by atoms with van der Waals surface area (Å²) in [5.41, 5.74) is 2.02. The predicted octanol–water partition coefficient (Wildman–Crippen LogP) is -1.08. The second kappa shape index (κ2) is 6.04. The first-order chi connectivity index (χ1) is 7.99. The highest BCUT2D eigenvalue weighted by atomic mass is 16.7. The van der Waals surface area contributed by atoms with Crippen molar-refractivity contribution in [3.05, 3.63) is 0 Å². The summed E-state index contributed by atoms with van der Waals surface area (Å²) in [6, 6.07) is -0.558. The van der Waals surface area contributed by atoms with Crippen LogP contribution in [0.1, 0.15) is 13.3 Å². The van der Waals surface area contributed by atoms with Gasteiger partial charge < -0.3 is 15.3 Å². The van der Waals surface area contributed by atoms with Crippen LogP contribution in [0, 0.1) is 0 Å². The lowest BCUT2D eigenvalue weighted by atomic mass is 10.3. The number of urea groups is 1. The minimum absolute atomic E-state index is 0.0577. The largest absolute Gasteiger partial charge is 0.479 e. The minimum Gasteiger partial charge on any atom is -0.479 e. The Bertz CT molecular complexity index is 320. The molecule has 96 valence electrons. The highest BCUT2D eigenvalue weighted by Gasteiger charge is 2.26. The topological polar surface area (TPSA) is 108 Å². The molecule has 0 bridgehead atoms. The first-order valence-electron chi connectivity index (χ1n) is 5.14. The van der Waals surface area contributed by atoms with Crippen molar-refractivity contribution in [3.63, 3.8) is 0 Å². The summed E-state index contributed by atoms with van der Waals surface area (Å²) in [5, 5.41) is 11.0. The Labute approximate surface area is 97.9 Å². The van der Waals surface area contributed by atoms with E-state index >= 15 is 0 Å². The smallest absolute Gasteiger partial charge is 0.341 e. The second-order valence-electron chi connectivity index (χ2n) is 3.72. The monoisotopic (exact) mass is 245 g/mol.